The van der Waals surface area contributed by atoms with Crippen LogP contribution < -0.4 is 16.2 Å². The van der Waals surface area contributed by atoms with E-state index in [0.717, 1.165) is 33.0 Å². The lowest BCUT2D eigenvalue weighted by molar-refractivity contribution is 0.308. The molecule has 0 saturated carbocycles. The minimum absolute atomic E-state index is 0.115. The first-order valence-electron chi connectivity index (χ1n) is 11.7. The number of ether oxygens (including phenoxy) is 1. The SMILES string of the molecule is N=C(/N=C(\N)c1ccccc1)c1cc2ccccc2cc1-c1ccc(COc2ccccc2N)cc1. The number of amidine groups is 2. The van der Waals surface area contributed by atoms with Gasteiger partial charge >= 0.3 is 0 Å². The standard InChI is InChI=1S/C31H26N4O/c32-28-12-6-7-13-29(28)36-20-21-14-16-22(17-15-21)26-18-24-10-4-5-11-25(24)19-27(26)31(34)35-30(33)23-8-2-1-3-9-23/h1-19H,20,32H2,(H3,33,34,35). The third kappa shape index (κ3) is 4.95. The van der Waals surface area contributed by atoms with Crippen molar-refractivity contribution in [2.45, 2.75) is 6.61 Å². The predicted molar refractivity (Wildman–Crippen MR) is 149 cm³/mol. The van der Waals surface area contributed by atoms with Crippen LogP contribution in [0.2, 0.25) is 0 Å². The van der Waals surface area contributed by atoms with Crippen LogP contribution in [0.15, 0.2) is 120 Å². The summed E-state index contributed by atoms with van der Waals surface area (Å²) >= 11 is 0. The number of rotatable bonds is 6. The molecule has 0 bridgehead atoms. The summed E-state index contributed by atoms with van der Waals surface area (Å²) in [6, 6.07) is 37.3. The van der Waals surface area contributed by atoms with Crippen LogP contribution in [0.3, 0.4) is 0 Å². The maximum atomic E-state index is 8.80. The number of anilines is 1. The van der Waals surface area contributed by atoms with E-state index in [0.29, 0.717) is 29.4 Å². The van der Waals surface area contributed by atoms with Crippen LogP contribution in [-0.4, -0.2) is 11.7 Å². The normalized spacial score (nSPS) is 11.4. The highest BCUT2D eigenvalue weighted by molar-refractivity contribution is 6.13. The number of nitrogens with zero attached hydrogens (tertiary/aromatic N) is 1. The highest BCUT2D eigenvalue weighted by atomic mass is 16.5. The number of hydrogen-bond acceptors (Lipinski definition) is 3. The summed E-state index contributed by atoms with van der Waals surface area (Å²) in [5.74, 6) is 1.09. The van der Waals surface area contributed by atoms with Gasteiger partial charge in [-0.15, -0.1) is 0 Å². The fourth-order valence-corrected chi connectivity index (χ4v) is 4.08. The molecule has 0 fully saturated rings. The van der Waals surface area contributed by atoms with Gasteiger partial charge in [-0.25, -0.2) is 4.99 Å². The fourth-order valence-electron chi connectivity index (χ4n) is 4.08. The maximum absolute atomic E-state index is 8.80. The van der Waals surface area contributed by atoms with Crippen LogP contribution in [-0.2, 0) is 6.61 Å². The third-order valence-electron chi connectivity index (χ3n) is 6.02. The molecule has 0 amide bonds. The molecule has 5 aromatic rings. The van der Waals surface area contributed by atoms with E-state index in [4.69, 9.17) is 21.6 Å². The highest BCUT2D eigenvalue weighted by Gasteiger charge is 2.13. The lowest BCUT2D eigenvalue weighted by Gasteiger charge is -2.13. The van der Waals surface area contributed by atoms with Gasteiger partial charge in [0.25, 0.3) is 0 Å². The zero-order chi connectivity index (χ0) is 24.9. The van der Waals surface area contributed by atoms with Crippen LogP contribution in [0, 0.1) is 5.41 Å². The Bertz CT molecular complexity index is 1560. The number of benzene rings is 5. The molecule has 0 unspecified atom stereocenters. The largest absolute Gasteiger partial charge is 0.487 e. The van der Waals surface area contributed by atoms with Crippen LogP contribution in [0.4, 0.5) is 5.69 Å². The Kier molecular flexibility index (Phi) is 6.45. The summed E-state index contributed by atoms with van der Waals surface area (Å²) in [5.41, 5.74) is 17.3. The number of nitrogens with one attached hydrogen (secondary N) is 1. The molecule has 0 spiro atoms. The molecule has 0 atom stereocenters. The third-order valence-corrected chi connectivity index (χ3v) is 6.02. The van der Waals surface area contributed by atoms with Gasteiger partial charge in [-0.3, -0.25) is 5.41 Å². The molecule has 5 rings (SSSR count). The van der Waals surface area contributed by atoms with Gasteiger partial charge < -0.3 is 16.2 Å². The molecule has 0 saturated heterocycles. The molecule has 5 aromatic carbocycles. The average molecular weight is 471 g/mol. The summed E-state index contributed by atoms with van der Waals surface area (Å²) < 4.78 is 5.88. The van der Waals surface area contributed by atoms with Crippen molar-refractivity contribution in [2.24, 2.45) is 10.7 Å². The van der Waals surface area contributed by atoms with Crippen molar-refractivity contribution in [3.05, 3.63) is 132 Å². The lowest BCUT2D eigenvalue weighted by Crippen LogP contribution is -2.16. The van der Waals surface area contributed by atoms with Crippen molar-refractivity contribution in [2.75, 3.05) is 5.73 Å². The second kappa shape index (κ2) is 10.2. The van der Waals surface area contributed by atoms with Gasteiger partial charge in [-0.2, -0.15) is 0 Å². The topological polar surface area (TPSA) is 97.5 Å². The molecular weight excluding hydrogens is 444 g/mol. The second-order valence-electron chi connectivity index (χ2n) is 8.48. The Morgan fingerprint density at radius 2 is 1.39 bits per heavy atom. The second-order valence-corrected chi connectivity index (χ2v) is 8.48. The Morgan fingerprint density at radius 1 is 0.750 bits per heavy atom. The number of hydrogen-bond donors (Lipinski definition) is 3. The minimum Gasteiger partial charge on any atom is -0.487 e. The van der Waals surface area contributed by atoms with E-state index in [1.165, 1.54) is 0 Å². The maximum Gasteiger partial charge on any atom is 0.154 e. The Balaban J connectivity index is 1.47. The molecule has 0 aliphatic carbocycles. The Morgan fingerprint density at radius 3 is 2.11 bits per heavy atom. The molecule has 0 radical (unpaired) electrons. The van der Waals surface area contributed by atoms with Crippen molar-refractivity contribution in [3.63, 3.8) is 0 Å². The molecule has 5 heteroatoms. The summed E-state index contributed by atoms with van der Waals surface area (Å²) in [5, 5.41) is 10.9. The van der Waals surface area contributed by atoms with E-state index in [2.05, 4.69) is 17.1 Å². The molecule has 0 aromatic heterocycles. The smallest absolute Gasteiger partial charge is 0.154 e. The van der Waals surface area contributed by atoms with Crippen molar-refractivity contribution < 1.29 is 4.74 Å². The number of para-hydroxylation sites is 2. The predicted octanol–water partition coefficient (Wildman–Crippen LogP) is 6.40. The van der Waals surface area contributed by atoms with Gasteiger partial charge in [-0.05, 0) is 51.7 Å². The van der Waals surface area contributed by atoms with E-state index in [1.54, 1.807) is 0 Å². The van der Waals surface area contributed by atoms with Crippen molar-refractivity contribution >= 4 is 28.1 Å². The summed E-state index contributed by atoms with van der Waals surface area (Å²) in [4.78, 5) is 4.45. The number of nitrogens with two attached hydrogens (primary N) is 2. The van der Waals surface area contributed by atoms with E-state index in [-0.39, 0.29) is 5.84 Å². The molecule has 176 valence electrons. The monoisotopic (exact) mass is 470 g/mol. The fraction of sp³-hybridized carbons (Fsp3) is 0.0323. The van der Waals surface area contributed by atoms with Crippen molar-refractivity contribution in [1.82, 2.24) is 0 Å². The Hall–Kier alpha value is -4.90. The van der Waals surface area contributed by atoms with E-state index in [1.807, 2.05) is 103 Å². The number of aliphatic imine (C=N–C) groups is 1. The first-order chi connectivity index (χ1) is 17.6. The van der Waals surface area contributed by atoms with E-state index in [9.17, 15) is 0 Å². The zero-order valence-electron chi connectivity index (χ0n) is 19.7. The van der Waals surface area contributed by atoms with E-state index >= 15 is 0 Å². The van der Waals surface area contributed by atoms with Gasteiger partial charge in [0.15, 0.2) is 5.84 Å². The van der Waals surface area contributed by atoms with Gasteiger partial charge in [0.1, 0.15) is 18.2 Å². The highest BCUT2D eigenvalue weighted by Crippen LogP contribution is 2.30. The Labute approximate surface area is 210 Å². The first-order valence-corrected chi connectivity index (χ1v) is 11.7. The van der Waals surface area contributed by atoms with E-state index < -0.39 is 0 Å². The van der Waals surface area contributed by atoms with Gasteiger partial charge in [0.2, 0.25) is 0 Å². The molecule has 36 heavy (non-hydrogen) atoms. The van der Waals surface area contributed by atoms with Crippen LogP contribution in [0.5, 0.6) is 5.75 Å². The lowest BCUT2D eigenvalue weighted by atomic mass is 9.94. The molecule has 0 heterocycles. The van der Waals surface area contributed by atoms with Gasteiger partial charge in [0.05, 0.1) is 5.69 Å². The molecule has 0 aliphatic heterocycles. The summed E-state index contributed by atoms with van der Waals surface area (Å²) in [7, 11) is 0. The molecule has 5 N–H and O–H groups in total. The number of fused-ring (bicyclic) bond motifs is 1. The van der Waals surface area contributed by atoms with Gasteiger partial charge in [-0.1, -0.05) is 91.0 Å². The van der Waals surface area contributed by atoms with Crippen LogP contribution >= 0.6 is 0 Å². The first kappa shape index (κ1) is 22.9. The molecular formula is C31H26N4O. The van der Waals surface area contributed by atoms with Crippen LogP contribution in [0.1, 0.15) is 16.7 Å². The minimum atomic E-state index is 0.115. The summed E-state index contributed by atoms with van der Waals surface area (Å²) in [6.45, 7) is 0.410. The molecule has 0 aliphatic rings. The van der Waals surface area contributed by atoms with Gasteiger partial charge in [0, 0.05) is 11.1 Å². The van der Waals surface area contributed by atoms with Crippen LogP contribution in [0.25, 0.3) is 21.9 Å². The number of nitrogen functional groups attached to an aromatic ring is 1. The van der Waals surface area contributed by atoms with Crippen molar-refractivity contribution in [3.8, 4) is 16.9 Å². The average Bonchev–Trinajstić information content (AvgIpc) is 2.92. The zero-order valence-corrected chi connectivity index (χ0v) is 19.7. The quantitative estimate of drug-likeness (QED) is 0.152. The van der Waals surface area contributed by atoms with Crippen molar-refractivity contribution in [1.29, 1.82) is 5.41 Å². The summed E-state index contributed by atoms with van der Waals surface area (Å²) in [6.07, 6.45) is 0. The molecule has 5 nitrogen and oxygen atoms in total.